The smallest absolute Gasteiger partial charge is 0.251 e. The van der Waals surface area contributed by atoms with Gasteiger partial charge >= 0.3 is 0 Å². The molecular weight excluding hydrogens is 630 g/mol. The lowest BCUT2D eigenvalue weighted by Gasteiger charge is -2.28. The van der Waals surface area contributed by atoms with Gasteiger partial charge in [0.25, 0.3) is 5.91 Å². The normalized spacial score (nSPS) is 19.5. The van der Waals surface area contributed by atoms with Crippen LogP contribution in [0.5, 0.6) is 0 Å². The van der Waals surface area contributed by atoms with Crippen LogP contribution in [0.15, 0.2) is 66.9 Å². The molecule has 12 heteroatoms. The topological polar surface area (TPSA) is 171 Å². The van der Waals surface area contributed by atoms with Crippen LogP contribution in [-0.4, -0.2) is 59.0 Å². The van der Waals surface area contributed by atoms with Gasteiger partial charge in [-0.1, -0.05) is 30.3 Å². The van der Waals surface area contributed by atoms with Crippen molar-refractivity contribution in [2.24, 2.45) is 17.6 Å². The molecule has 0 bridgehead atoms. The number of hydrogen-bond donors (Lipinski definition) is 6. The summed E-state index contributed by atoms with van der Waals surface area (Å²) in [6.45, 7) is 3.14. The third-order valence-corrected chi connectivity index (χ3v) is 9.44. The number of H-pyrrole nitrogens is 1. The van der Waals surface area contributed by atoms with Gasteiger partial charge in [0.1, 0.15) is 12.1 Å². The maximum atomic E-state index is 13.6. The quantitative estimate of drug-likeness (QED) is 0.149. The second-order valence-electron chi connectivity index (χ2n) is 12.7. The molecule has 11 nitrogen and oxygen atoms in total. The number of carbonyl (C=O) groups is 4. The van der Waals surface area contributed by atoms with Crippen LogP contribution in [-0.2, 0) is 20.8 Å². The Morgan fingerprint density at radius 1 is 0.979 bits per heavy atom. The van der Waals surface area contributed by atoms with Gasteiger partial charge in [0.2, 0.25) is 17.7 Å². The fraction of sp³-hybridized carbons (Fsp3) is 0.361. The third-order valence-electron chi connectivity index (χ3n) is 9.44. The van der Waals surface area contributed by atoms with Gasteiger partial charge < -0.3 is 27.0 Å². The van der Waals surface area contributed by atoms with Crippen molar-refractivity contribution in [2.45, 2.75) is 57.5 Å². The Morgan fingerprint density at radius 2 is 1.75 bits per heavy atom. The molecule has 7 N–H and O–H groups in total. The van der Waals surface area contributed by atoms with Gasteiger partial charge in [0.05, 0.1) is 11.7 Å². The third kappa shape index (κ3) is 8.03. The standard InChI is InChI=1S/C36H41N7O4.ClH/c1-21-16-26(34(45)41-30-14-15-38-35(30)46)11-13-29(21)24-6-2-22(3-7-24)17-32(42-33(44)25-8-4-23(19-37)5-9-25)36(47)40-28-12-10-27-20-39-43-31(27)18-28;/h2-3,6-7,10-13,16,18,20,23,25,30,32H,4-5,8-9,14-15,17,19,37H2,1H3,(H,38,46)(H,39,43)(H,40,47)(H,41,45)(H,42,44);1H/t23-,25-,30-,32+;/m1./s1. The van der Waals surface area contributed by atoms with E-state index in [1.54, 1.807) is 12.3 Å². The first-order valence-corrected chi connectivity index (χ1v) is 16.3. The number of halogens is 1. The molecule has 2 fully saturated rings. The summed E-state index contributed by atoms with van der Waals surface area (Å²) < 4.78 is 0. The summed E-state index contributed by atoms with van der Waals surface area (Å²) in [5, 5.41) is 19.5. The molecule has 2 aliphatic rings. The summed E-state index contributed by atoms with van der Waals surface area (Å²) in [6.07, 6.45) is 5.98. The molecule has 3 aromatic carbocycles. The predicted molar refractivity (Wildman–Crippen MR) is 188 cm³/mol. The van der Waals surface area contributed by atoms with E-state index in [1.165, 1.54) is 0 Å². The Kier molecular flexibility index (Phi) is 11.1. The number of amides is 4. The number of anilines is 1. The maximum absolute atomic E-state index is 13.6. The Labute approximate surface area is 285 Å². The van der Waals surface area contributed by atoms with Crippen molar-refractivity contribution in [3.8, 4) is 11.1 Å². The molecule has 1 aliphatic carbocycles. The molecule has 1 aliphatic heterocycles. The first kappa shape index (κ1) is 34.6. The van der Waals surface area contributed by atoms with Crippen LogP contribution in [0.2, 0.25) is 0 Å². The number of fused-ring (bicyclic) bond motifs is 1. The van der Waals surface area contributed by atoms with Crippen LogP contribution in [0.1, 0.15) is 53.6 Å². The van der Waals surface area contributed by atoms with Crippen LogP contribution >= 0.6 is 12.4 Å². The average Bonchev–Trinajstić information content (AvgIpc) is 3.72. The van der Waals surface area contributed by atoms with Gasteiger partial charge in [-0.3, -0.25) is 24.3 Å². The summed E-state index contributed by atoms with van der Waals surface area (Å²) in [5.74, 6) is -0.519. The summed E-state index contributed by atoms with van der Waals surface area (Å²) >= 11 is 0. The number of rotatable bonds is 10. The minimum atomic E-state index is -0.778. The fourth-order valence-electron chi connectivity index (χ4n) is 6.56. The lowest BCUT2D eigenvalue weighted by atomic mass is 9.81. The van der Waals surface area contributed by atoms with E-state index in [1.807, 2.05) is 61.5 Å². The monoisotopic (exact) mass is 671 g/mol. The van der Waals surface area contributed by atoms with Crippen LogP contribution in [0, 0.1) is 18.8 Å². The van der Waals surface area contributed by atoms with Crippen molar-refractivity contribution in [3.63, 3.8) is 0 Å². The minimum absolute atomic E-state index is 0. The molecule has 1 aromatic heterocycles. The number of nitrogens with zero attached hydrogens (tertiary/aromatic N) is 1. The zero-order valence-electron chi connectivity index (χ0n) is 26.9. The van der Waals surface area contributed by atoms with E-state index >= 15 is 0 Å². The molecule has 4 amide bonds. The van der Waals surface area contributed by atoms with Crippen LogP contribution in [0.3, 0.4) is 0 Å². The summed E-state index contributed by atoms with van der Waals surface area (Å²) in [6, 6.07) is 17.6. The number of nitrogens with one attached hydrogen (secondary N) is 5. The van der Waals surface area contributed by atoms with Gasteiger partial charge in [-0.05, 0) is 104 Å². The van der Waals surface area contributed by atoms with Crippen molar-refractivity contribution >= 4 is 52.6 Å². The molecule has 252 valence electrons. The summed E-state index contributed by atoms with van der Waals surface area (Å²) in [7, 11) is 0. The zero-order chi connectivity index (χ0) is 32.9. The van der Waals surface area contributed by atoms with E-state index in [-0.39, 0.29) is 42.0 Å². The van der Waals surface area contributed by atoms with Crippen molar-refractivity contribution < 1.29 is 19.2 Å². The van der Waals surface area contributed by atoms with Crippen molar-refractivity contribution in [1.29, 1.82) is 0 Å². The highest BCUT2D eigenvalue weighted by atomic mass is 35.5. The molecule has 6 rings (SSSR count). The number of nitrogens with two attached hydrogens (primary N) is 1. The largest absolute Gasteiger partial charge is 0.354 e. The average molecular weight is 672 g/mol. The summed E-state index contributed by atoms with van der Waals surface area (Å²) in [4.78, 5) is 51.6. The van der Waals surface area contributed by atoms with Crippen molar-refractivity contribution in [2.75, 3.05) is 18.4 Å². The molecule has 0 unspecified atom stereocenters. The zero-order valence-corrected chi connectivity index (χ0v) is 27.7. The minimum Gasteiger partial charge on any atom is -0.354 e. The van der Waals surface area contributed by atoms with E-state index in [4.69, 9.17) is 5.73 Å². The van der Waals surface area contributed by atoms with E-state index in [2.05, 4.69) is 31.5 Å². The van der Waals surface area contributed by atoms with Gasteiger partial charge in [-0.2, -0.15) is 5.10 Å². The number of aromatic nitrogens is 2. The lowest BCUT2D eigenvalue weighted by Crippen LogP contribution is -2.48. The maximum Gasteiger partial charge on any atom is 0.251 e. The van der Waals surface area contributed by atoms with Gasteiger partial charge in [0.15, 0.2) is 0 Å². The number of benzene rings is 3. The highest BCUT2D eigenvalue weighted by Gasteiger charge is 2.30. The SMILES string of the molecule is Cc1cc(C(=O)N[C@@H]2CCNC2=O)ccc1-c1ccc(C[C@H](NC(=O)[C@H]2CC[C@H](CN)CC2)C(=O)Nc2ccc3cn[nH]c3c2)cc1.Cl. The fourth-order valence-corrected chi connectivity index (χ4v) is 6.56. The molecular formula is C36H42ClN7O4. The van der Waals surface area contributed by atoms with Gasteiger partial charge in [-0.15, -0.1) is 12.4 Å². The number of aromatic amines is 1. The number of carbonyl (C=O) groups excluding carboxylic acids is 4. The van der Waals surface area contributed by atoms with Crippen LogP contribution < -0.4 is 27.0 Å². The second-order valence-corrected chi connectivity index (χ2v) is 12.7. The van der Waals surface area contributed by atoms with Crippen molar-refractivity contribution in [1.82, 2.24) is 26.1 Å². The highest BCUT2D eigenvalue weighted by Crippen LogP contribution is 2.29. The van der Waals surface area contributed by atoms with Gasteiger partial charge in [-0.25, -0.2) is 0 Å². The number of aryl methyl sites for hydroxylation is 1. The van der Waals surface area contributed by atoms with E-state index in [9.17, 15) is 19.2 Å². The molecule has 0 spiro atoms. The second kappa shape index (κ2) is 15.4. The summed E-state index contributed by atoms with van der Waals surface area (Å²) in [5.41, 5.74) is 11.5. The molecule has 4 aromatic rings. The van der Waals surface area contributed by atoms with Crippen LogP contribution in [0.4, 0.5) is 5.69 Å². The van der Waals surface area contributed by atoms with Crippen molar-refractivity contribution in [3.05, 3.63) is 83.6 Å². The Bertz CT molecular complexity index is 1780. The lowest BCUT2D eigenvalue weighted by molar-refractivity contribution is -0.130. The first-order chi connectivity index (χ1) is 22.8. The molecule has 48 heavy (non-hydrogen) atoms. The molecule has 2 atom stereocenters. The first-order valence-electron chi connectivity index (χ1n) is 16.3. The predicted octanol–water partition coefficient (Wildman–Crippen LogP) is 4.01. The molecule has 2 heterocycles. The Morgan fingerprint density at radius 3 is 2.44 bits per heavy atom. The molecule has 0 radical (unpaired) electrons. The molecule has 1 saturated carbocycles. The van der Waals surface area contributed by atoms with E-state index < -0.39 is 12.1 Å². The van der Waals surface area contributed by atoms with Crippen LogP contribution in [0.25, 0.3) is 22.0 Å². The Balaban J connectivity index is 0.00000451. The Hall–Kier alpha value is -4.74. The molecule has 1 saturated heterocycles. The van der Waals surface area contributed by atoms with E-state index in [0.29, 0.717) is 43.1 Å². The van der Waals surface area contributed by atoms with E-state index in [0.717, 1.165) is 58.8 Å². The van der Waals surface area contributed by atoms with Gasteiger partial charge in [0, 0.05) is 35.5 Å². The highest BCUT2D eigenvalue weighted by molar-refractivity contribution is 6.00. The number of hydrogen-bond acceptors (Lipinski definition) is 6.